The Morgan fingerprint density at radius 3 is 2.79 bits per heavy atom. The van der Waals surface area contributed by atoms with Crippen molar-refractivity contribution in [2.75, 3.05) is 12.3 Å². The van der Waals surface area contributed by atoms with Crippen LogP contribution in [0.15, 0.2) is 12.7 Å². The molecule has 4 unspecified atom stereocenters. The summed E-state index contributed by atoms with van der Waals surface area (Å²) in [6.07, 6.45) is -1.96. The van der Waals surface area contributed by atoms with Gasteiger partial charge >= 0.3 is 0 Å². The van der Waals surface area contributed by atoms with Gasteiger partial charge in [-0.05, 0) is 0 Å². The molecule has 4 atom stereocenters. The maximum atomic E-state index is 9.96. The second kappa shape index (κ2) is 4.38. The molecule has 1 saturated heterocycles. The fourth-order valence-electron chi connectivity index (χ4n) is 2.13. The van der Waals surface area contributed by atoms with Crippen molar-refractivity contribution in [3.8, 4) is 0 Å². The Hall–Kier alpha value is -1.81. The lowest BCUT2D eigenvalue weighted by atomic mass is 10.0. The summed E-state index contributed by atoms with van der Waals surface area (Å²) in [6, 6.07) is 0. The van der Waals surface area contributed by atoms with Crippen molar-refractivity contribution in [1.82, 2.24) is 19.5 Å². The Labute approximate surface area is 107 Å². The number of anilines is 1. The minimum absolute atomic E-state index is 0.101. The summed E-state index contributed by atoms with van der Waals surface area (Å²) in [4.78, 5) is 11.8. The lowest BCUT2D eigenvalue weighted by Crippen LogP contribution is -2.50. The van der Waals surface area contributed by atoms with Crippen LogP contribution in [-0.2, 0) is 4.74 Å². The highest BCUT2D eigenvalue weighted by Crippen LogP contribution is 2.28. The first-order valence-electron chi connectivity index (χ1n) is 5.68. The molecule has 0 saturated carbocycles. The summed E-state index contributed by atoms with van der Waals surface area (Å²) in [5, 5.41) is 29.1. The van der Waals surface area contributed by atoms with Crippen LogP contribution < -0.4 is 5.73 Å². The summed E-state index contributed by atoms with van der Waals surface area (Å²) in [7, 11) is 0. The number of aliphatic hydroxyl groups excluding tert-OH is 3. The molecule has 3 rings (SSSR count). The van der Waals surface area contributed by atoms with E-state index in [1.54, 1.807) is 0 Å². The monoisotopic (exact) mass is 267 g/mol. The van der Waals surface area contributed by atoms with Gasteiger partial charge in [-0.25, -0.2) is 15.0 Å². The van der Waals surface area contributed by atoms with E-state index in [1.165, 1.54) is 17.2 Å². The van der Waals surface area contributed by atoms with Gasteiger partial charge in [0.15, 0.2) is 17.7 Å². The van der Waals surface area contributed by atoms with E-state index >= 15 is 0 Å². The molecule has 0 amide bonds. The Morgan fingerprint density at radius 1 is 1.21 bits per heavy atom. The summed E-state index contributed by atoms with van der Waals surface area (Å²) in [5.41, 5.74) is 6.53. The van der Waals surface area contributed by atoms with Crippen molar-refractivity contribution in [2.45, 2.75) is 24.5 Å². The van der Waals surface area contributed by atoms with Crippen molar-refractivity contribution < 1.29 is 20.1 Å². The van der Waals surface area contributed by atoms with Crippen LogP contribution in [0, 0.1) is 0 Å². The topological polar surface area (TPSA) is 140 Å². The zero-order valence-corrected chi connectivity index (χ0v) is 9.79. The first kappa shape index (κ1) is 12.2. The minimum atomic E-state index is -1.30. The summed E-state index contributed by atoms with van der Waals surface area (Å²) < 4.78 is 6.78. The van der Waals surface area contributed by atoms with Gasteiger partial charge in [0.05, 0.1) is 6.61 Å². The van der Waals surface area contributed by atoms with E-state index in [1.807, 2.05) is 0 Å². The maximum Gasteiger partial charge on any atom is 0.183 e. The van der Waals surface area contributed by atoms with Gasteiger partial charge in [-0.2, -0.15) is 0 Å². The third-order valence-electron chi connectivity index (χ3n) is 3.14. The van der Waals surface area contributed by atoms with Crippen LogP contribution in [0.1, 0.15) is 6.23 Å². The molecule has 2 aromatic rings. The van der Waals surface area contributed by atoms with Crippen LogP contribution in [0.2, 0.25) is 0 Å². The first-order valence-corrected chi connectivity index (χ1v) is 5.68. The highest BCUT2D eigenvalue weighted by atomic mass is 16.5. The number of fused-ring (bicyclic) bond motifs is 1. The Bertz CT molecular complexity index is 603. The van der Waals surface area contributed by atoms with E-state index in [-0.39, 0.29) is 12.4 Å². The molecule has 19 heavy (non-hydrogen) atoms. The number of nitrogens with two attached hydrogens (primary N) is 1. The average Bonchev–Trinajstić information content (AvgIpc) is 2.82. The predicted molar refractivity (Wildman–Crippen MR) is 62.7 cm³/mol. The van der Waals surface area contributed by atoms with Crippen LogP contribution in [0.4, 0.5) is 5.82 Å². The van der Waals surface area contributed by atoms with Gasteiger partial charge in [0.25, 0.3) is 0 Å². The van der Waals surface area contributed by atoms with Crippen LogP contribution >= 0.6 is 0 Å². The van der Waals surface area contributed by atoms with Gasteiger partial charge in [0.2, 0.25) is 0 Å². The predicted octanol–water partition coefficient (Wildman–Crippen LogP) is -1.98. The Balaban J connectivity index is 2.05. The Morgan fingerprint density at radius 2 is 2.00 bits per heavy atom. The van der Waals surface area contributed by atoms with Crippen LogP contribution in [-0.4, -0.2) is 59.8 Å². The molecule has 9 heteroatoms. The van der Waals surface area contributed by atoms with Gasteiger partial charge < -0.3 is 25.8 Å². The SMILES string of the molecule is Nc1ncnc2ncn(C3OCC(O)C(O)C3O)c12. The number of rotatable bonds is 1. The summed E-state index contributed by atoms with van der Waals surface area (Å²) in [5.74, 6) is 0.193. The van der Waals surface area contributed by atoms with Gasteiger partial charge in [0, 0.05) is 0 Å². The van der Waals surface area contributed by atoms with E-state index in [0.29, 0.717) is 11.2 Å². The van der Waals surface area contributed by atoms with Gasteiger partial charge in [-0.3, -0.25) is 4.57 Å². The number of nitrogens with zero attached hydrogens (tertiary/aromatic N) is 4. The van der Waals surface area contributed by atoms with Gasteiger partial charge in [0.1, 0.15) is 36.5 Å². The third kappa shape index (κ3) is 1.83. The number of ether oxygens (including phenoxy) is 1. The molecule has 0 spiro atoms. The van der Waals surface area contributed by atoms with Crippen LogP contribution in [0.25, 0.3) is 11.2 Å². The van der Waals surface area contributed by atoms with E-state index in [4.69, 9.17) is 10.5 Å². The molecule has 0 aliphatic carbocycles. The number of aromatic nitrogens is 4. The molecule has 3 heterocycles. The van der Waals surface area contributed by atoms with Crippen LogP contribution in [0.5, 0.6) is 0 Å². The number of hydrogen-bond acceptors (Lipinski definition) is 8. The molecule has 1 aliphatic heterocycles. The third-order valence-corrected chi connectivity index (χ3v) is 3.14. The lowest BCUT2D eigenvalue weighted by Gasteiger charge is -2.35. The molecule has 1 fully saturated rings. The molecule has 0 aromatic carbocycles. The molecular formula is C10H13N5O4. The van der Waals surface area contributed by atoms with Crippen molar-refractivity contribution in [3.63, 3.8) is 0 Å². The van der Waals surface area contributed by atoms with Crippen molar-refractivity contribution in [1.29, 1.82) is 0 Å². The fourth-order valence-corrected chi connectivity index (χ4v) is 2.13. The van der Waals surface area contributed by atoms with E-state index in [9.17, 15) is 15.3 Å². The van der Waals surface area contributed by atoms with Crippen molar-refractivity contribution >= 4 is 17.0 Å². The second-order valence-corrected chi connectivity index (χ2v) is 4.36. The molecule has 9 nitrogen and oxygen atoms in total. The largest absolute Gasteiger partial charge is 0.388 e. The smallest absolute Gasteiger partial charge is 0.183 e. The first-order chi connectivity index (χ1) is 9.09. The summed E-state index contributed by atoms with van der Waals surface area (Å²) >= 11 is 0. The molecule has 102 valence electrons. The molecule has 1 aliphatic rings. The van der Waals surface area contributed by atoms with Crippen molar-refractivity contribution in [2.24, 2.45) is 0 Å². The fraction of sp³-hybridized carbons (Fsp3) is 0.500. The number of aliphatic hydroxyl groups is 3. The van der Waals surface area contributed by atoms with E-state index in [0.717, 1.165) is 0 Å². The average molecular weight is 267 g/mol. The minimum Gasteiger partial charge on any atom is -0.388 e. The normalized spacial score (nSPS) is 31.7. The molecule has 0 bridgehead atoms. The lowest BCUT2D eigenvalue weighted by molar-refractivity contribution is -0.209. The molecular weight excluding hydrogens is 254 g/mol. The molecule has 2 aromatic heterocycles. The molecule has 0 radical (unpaired) electrons. The number of hydrogen-bond donors (Lipinski definition) is 4. The quantitative estimate of drug-likeness (QED) is 0.466. The molecule has 5 N–H and O–H groups in total. The number of imidazole rings is 1. The number of nitrogen functional groups attached to an aromatic ring is 1. The Kier molecular flexibility index (Phi) is 2.82. The maximum absolute atomic E-state index is 9.96. The highest BCUT2D eigenvalue weighted by molar-refractivity contribution is 5.81. The second-order valence-electron chi connectivity index (χ2n) is 4.36. The van der Waals surface area contributed by atoms with Gasteiger partial charge in [-0.1, -0.05) is 0 Å². The summed E-state index contributed by atoms with van der Waals surface area (Å²) in [6.45, 7) is -0.101. The van der Waals surface area contributed by atoms with Gasteiger partial charge in [-0.15, -0.1) is 0 Å². The van der Waals surface area contributed by atoms with Crippen LogP contribution in [0.3, 0.4) is 0 Å². The van der Waals surface area contributed by atoms with Crippen molar-refractivity contribution in [3.05, 3.63) is 12.7 Å². The standard InChI is InChI=1S/C10H13N5O4/c11-8-5-9(13-2-12-8)14-3-15(5)10-7(18)6(17)4(16)1-19-10/h2-4,6-7,10,16-18H,1H2,(H2,11,12,13). The van der Waals surface area contributed by atoms with E-state index in [2.05, 4.69) is 15.0 Å². The zero-order valence-electron chi connectivity index (χ0n) is 9.79. The van der Waals surface area contributed by atoms with E-state index < -0.39 is 24.5 Å². The zero-order chi connectivity index (χ0) is 13.6. The highest BCUT2D eigenvalue weighted by Gasteiger charge is 2.39.